The number of hydrogen-bond donors (Lipinski definition) is 1. The summed E-state index contributed by atoms with van der Waals surface area (Å²) < 4.78 is 5.00. The number of esters is 1. The third-order valence-electron chi connectivity index (χ3n) is 8.06. The van der Waals surface area contributed by atoms with Gasteiger partial charge in [-0.05, 0) is 44.9 Å². The quantitative estimate of drug-likeness (QED) is 0.188. The highest BCUT2D eigenvalue weighted by molar-refractivity contribution is 8.02. The predicted molar refractivity (Wildman–Crippen MR) is 143 cm³/mol. The molecular formula is C28H44N2O5S. The van der Waals surface area contributed by atoms with Gasteiger partial charge in [0.05, 0.1) is 35.8 Å². The van der Waals surface area contributed by atoms with E-state index >= 15 is 0 Å². The summed E-state index contributed by atoms with van der Waals surface area (Å²) in [6, 6.07) is -1.14. The smallest absolute Gasteiger partial charge is 0.310 e. The van der Waals surface area contributed by atoms with Crippen molar-refractivity contribution in [3.63, 3.8) is 0 Å². The highest BCUT2D eigenvalue weighted by Crippen LogP contribution is 2.67. The lowest BCUT2D eigenvalue weighted by atomic mass is 9.71. The zero-order valence-electron chi connectivity index (χ0n) is 22.0. The summed E-state index contributed by atoms with van der Waals surface area (Å²) in [7, 11) is 0. The second-order valence-electron chi connectivity index (χ2n) is 10.3. The minimum Gasteiger partial charge on any atom is -0.465 e. The van der Waals surface area contributed by atoms with Gasteiger partial charge in [-0.3, -0.25) is 14.4 Å². The van der Waals surface area contributed by atoms with E-state index in [0.29, 0.717) is 32.5 Å². The molecule has 0 aromatic rings. The molecule has 2 bridgehead atoms. The number of carbonyl (C=O) groups excluding carboxylic acids is 3. The first-order chi connectivity index (χ1) is 17.4. The van der Waals surface area contributed by atoms with E-state index < -0.39 is 28.7 Å². The van der Waals surface area contributed by atoms with Gasteiger partial charge >= 0.3 is 5.97 Å². The predicted octanol–water partition coefficient (Wildman–Crippen LogP) is 3.95. The first kappa shape index (κ1) is 28.8. The number of aliphatic hydroxyl groups is 1. The number of amides is 2. The number of likely N-dealkylation sites (tertiary alicyclic amines) is 1. The molecule has 0 radical (unpaired) electrons. The summed E-state index contributed by atoms with van der Waals surface area (Å²) >= 11 is 1.65. The molecule has 7 nitrogen and oxygen atoms in total. The van der Waals surface area contributed by atoms with Crippen LogP contribution in [0.4, 0.5) is 0 Å². The molecule has 1 spiro atoms. The maximum Gasteiger partial charge on any atom is 0.310 e. The molecule has 2 unspecified atom stereocenters. The summed E-state index contributed by atoms with van der Waals surface area (Å²) in [4.78, 5) is 44.9. The number of unbranched alkanes of at least 4 members (excludes halogenated alkanes) is 4. The first-order valence-corrected chi connectivity index (χ1v) is 14.6. The Morgan fingerprint density at radius 2 is 2.03 bits per heavy atom. The summed E-state index contributed by atoms with van der Waals surface area (Å²) in [6.07, 6.45) is 11.1. The monoisotopic (exact) mass is 520 g/mol. The average Bonchev–Trinajstić information content (AvgIpc) is 3.51. The second-order valence-corrected chi connectivity index (χ2v) is 11.9. The number of hydrogen-bond acceptors (Lipinski definition) is 6. The van der Waals surface area contributed by atoms with E-state index in [0.717, 1.165) is 44.9 Å². The lowest BCUT2D eigenvalue weighted by Crippen LogP contribution is -2.57. The van der Waals surface area contributed by atoms with Crippen molar-refractivity contribution in [2.75, 3.05) is 26.3 Å². The van der Waals surface area contributed by atoms with Gasteiger partial charge in [-0.15, -0.1) is 24.9 Å². The third kappa shape index (κ3) is 5.40. The highest BCUT2D eigenvalue weighted by atomic mass is 32.2. The van der Waals surface area contributed by atoms with Crippen LogP contribution in [0.2, 0.25) is 0 Å². The number of thioether (sulfide) groups is 1. The van der Waals surface area contributed by atoms with Crippen LogP contribution >= 0.6 is 11.8 Å². The van der Waals surface area contributed by atoms with E-state index in [9.17, 15) is 19.5 Å². The lowest BCUT2D eigenvalue weighted by molar-refractivity contribution is -0.154. The molecule has 202 valence electrons. The van der Waals surface area contributed by atoms with E-state index in [1.807, 2.05) is 17.9 Å². The molecule has 0 aromatic carbocycles. The number of ether oxygens (including phenoxy) is 1. The van der Waals surface area contributed by atoms with E-state index in [1.165, 1.54) is 0 Å². The Labute approximate surface area is 220 Å². The summed E-state index contributed by atoms with van der Waals surface area (Å²) in [5.74, 6) is -1.70. The normalized spacial score (nSPS) is 29.2. The maximum absolute atomic E-state index is 14.2. The van der Waals surface area contributed by atoms with Crippen LogP contribution < -0.4 is 0 Å². The van der Waals surface area contributed by atoms with Gasteiger partial charge < -0.3 is 19.6 Å². The molecule has 3 aliphatic rings. The van der Waals surface area contributed by atoms with Gasteiger partial charge in [0.25, 0.3) is 0 Å². The molecule has 1 N–H and O–H groups in total. The van der Waals surface area contributed by atoms with Gasteiger partial charge in [-0.1, -0.05) is 38.8 Å². The van der Waals surface area contributed by atoms with Crippen LogP contribution in [0.3, 0.4) is 0 Å². The minimum atomic E-state index is -0.686. The first-order valence-electron chi connectivity index (χ1n) is 13.7. The van der Waals surface area contributed by atoms with Gasteiger partial charge in [0.1, 0.15) is 6.04 Å². The van der Waals surface area contributed by atoms with Crippen LogP contribution in [-0.4, -0.2) is 81.1 Å². The molecule has 3 fully saturated rings. The van der Waals surface area contributed by atoms with E-state index in [1.54, 1.807) is 22.7 Å². The highest BCUT2D eigenvalue weighted by Gasteiger charge is 2.74. The van der Waals surface area contributed by atoms with E-state index in [2.05, 4.69) is 20.1 Å². The van der Waals surface area contributed by atoms with Gasteiger partial charge in [0.2, 0.25) is 11.8 Å². The van der Waals surface area contributed by atoms with Crippen molar-refractivity contribution >= 4 is 29.5 Å². The molecular weight excluding hydrogens is 476 g/mol. The van der Waals surface area contributed by atoms with Crippen molar-refractivity contribution in [3.8, 4) is 0 Å². The molecule has 2 amide bonds. The Morgan fingerprint density at radius 1 is 1.25 bits per heavy atom. The van der Waals surface area contributed by atoms with Crippen LogP contribution in [0.25, 0.3) is 0 Å². The summed E-state index contributed by atoms with van der Waals surface area (Å²) in [5, 5.41) is 10.2. The number of nitrogens with zero attached hydrogens (tertiary/aromatic N) is 2. The molecule has 0 aromatic heterocycles. The maximum atomic E-state index is 14.2. The van der Waals surface area contributed by atoms with Crippen LogP contribution in [0, 0.1) is 11.8 Å². The SMILES string of the molecule is C=CCCCCOC(=O)[C@@H]1[C@@H]2CCC3(S2)C(C(=O)N(CC=C)CCCCC)N([C@@H](CC)CO)C(=O)[C@H]13. The van der Waals surface area contributed by atoms with Crippen LogP contribution in [0.1, 0.15) is 71.6 Å². The fourth-order valence-electron chi connectivity index (χ4n) is 6.28. The van der Waals surface area contributed by atoms with Crippen molar-refractivity contribution in [3.05, 3.63) is 25.3 Å². The van der Waals surface area contributed by atoms with Crippen LogP contribution in [-0.2, 0) is 19.1 Å². The van der Waals surface area contributed by atoms with Crippen LogP contribution in [0.15, 0.2) is 25.3 Å². The topological polar surface area (TPSA) is 87.2 Å². The van der Waals surface area contributed by atoms with Crippen molar-refractivity contribution < 1.29 is 24.2 Å². The van der Waals surface area contributed by atoms with Crippen molar-refractivity contribution in [1.29, 1.82) is 0 Å². The number of allylic oxidation sites excluding steroid dienone is 1. The van der Waals surface area contributed by atoms with Crippen molar-refractivity contribution in [2.45, 2.75) is 93.7 Å². The molecule has 3 aliphatic heterocycles. The third-order valence-corrected chi connectivity index (χ3v) is 10.0. The Bertz CT molecular complexity index is 816. The lowest BCUT2D eigenvalue weighted by Gasteiger charge is -2.39. The Kier molecular flexibility index (Phi) is 10.5. The van der Waals surface area contributed by atoms with E-state index in [-0.39, 0.29) is 29.6 Å². The molecule has 3 rings (SSSR count). The van der Waals surface area contributed by atoms with Crippen molar-refractivity contribution in [2.24, 2.45) is 11.8 Å². The zero-order valence-corrected chi connectivity index (χ0v) is 22.8. The number of aliphatic hydroxyl groups excluding tert-OH is 1. The minimum absolute atomic E-state index is 0.0146. The standard InChI is InChI=1S/C28H44N2O5S/c1-5-9-11-13-18-35-27(34)22-21-14-15-28(36-21)23(22)25(32)30(20(8-4)19-31)24(28)26(33)29(16-7-3)17-12-10-6-2/h5,7,20-24,31H,1,3,6,8-19H2,2,4H3/t20-,21-,22+,23-,24?,28?/m0/s1. The zero-order chi connectivity index (χ0) is 26.3. The number of rotatable bonds is 16. The van der Waals surface area contributed by atoms with Crippen molar-refractivity contribution in [1.82, 2.24) is 9.80 Å². The van der Waals surface area contributed by atoms with Gasteiger partial charge in [-0.2, -0.15) is 0 Å². The molecule has 36 heavy (non-hydrogen) atoms. The molecule has 6 atom stereocenters. The fraction of sp³-hybridized carbons (Fsp3) is 0.750. The van der Waals surface area contributed by atoms with Gasteiger partial charge in [-0.25, -0.2) is 0 Å². The van der Waals surface area contributed by atoms with Crippen LogP contribution in [0.5, 0.6) is 0 Å². The molecule has 0 saturated carbocycles. The van der Waals surface area contributed by atoms with Gasteiger partial charge in [0, 0.05) is 18.3 Å². The fourth-order valence-corrected chi connectivity index (χ4v) is 8.47. The molecule has 3 heterocycles. The average molecular weight is 521 g/mol. The summed E-state index contributed by atoms with van der Waals surface area (Å²) in [6.45, 7) is 12.8. The summed E-state index contributed by atoms with van der Waals surface area (Å²) in [5.41, 5.74) is 0. The Hall–Kier alpha value is -1.80. The largest absolute Gasteiger partial charge is 0.465 e. The Morgan fingerprint density at radius 3 is 2.67 bits per heavy atom. The number of carbonyl (C=O) groups is 3. The van der Waals surface area contributed by atoms with Gasteiger partial charge in [0.15, 0.2) is 0 Å². The molecule has 3 saturated heterocycles. The molecule has 8 heteroatoms. The van der Waals surface area contributed by atoms with E-state index in [4.69, 9.17) is 4.74 Å². The number of fused-ring (bicyclic) bond motifs is 1. The molecule has 0 aliphatic carbocycles. The Balaban J connectivity index is 1.90. The second kappa shape index (κ2) is 13.1.